The molecule has 1 unspecified atom stereocenters. The van der Waals surface area contributed by atoms with Crippen LogP contribution in [-0.4, -0.2) is 17.8 Å². The van der Waals surface area contributed by atoms with Crippen LogP contribution in [0.1, 0.15) is 5.56 Å². The molecular formula is C7H11NOS. The number of hydrogen-bond donors (Lipinski definition) is 2. The first-order valence-electron chi connectivity index (χ1n) is 3.20. The molecule has 0 aliphatic rings. The number of hydrogen-bond acceptors (Lipinski definition) is 3. The number of rotatable bonds is 3. The predicted octanol–water partition coefficient (Wildman–Crippen LogP) is 0.610. The normalized spacial score (nSPS) is 13.4. The highest BCUT2D eigenvalue weighted by atomic mass is 32.1. The highest BCUT2D eigenvalue weighted by Gasteiger charge is 2.00. The Kier molecular flexibility index (Phi) is 2.86. The topological polar surface area (TPSA) is 46.2 Å². The van der Waals surface area contributed by atoms with E-state index in [0.29, 0.717) is 0 Å². The van der Waals surface area contributed by atoms with E-state index >= 15 is 0 Å². The molecule has 2 nitrogen and oxygen atoms in total. The Hall–Kier alpha value is -0.380. The van der Waals surface area contributed by atoms with E-state index in [1.54, 1.807) is 11.3 Å². The summed E-state index contributed by atoms with van der Waals surface area (Å²) >= 11 is 1.65. The highest BCUT2D eigenvalue weighted by molar-refractivity contribution is 7.07. The maximum Gasteiger partial charge on any atom is 0.0585 e. The second-order valence-corrected chi connectivity index (χ2v) is 3.06. The van der Waals surface area contributed by atoms with Crippen molar-refractivity contribution in [1.82, 2.24) is 0 Å². The van der Waals surface area contributed by atoms with E-state index in [1.165, 1.54) is 5.56 Å². The van der Waals surface area contributed by atoms with Crippen molar-refractivity contribution in [2.24, 2.45) is 5.73 Å². The zero-order valence-electron chi connectivity index (χ0n) is 5.66. The number of aliphatic hydroxyl groups is 1. The molecule has 3 N–H and O–H groups in total. The summed E-state index contributed by atoms with van der Waals surface area (Å²) in [6, 6.07) is 1.93. The summed E-state index contributed by atoms with van der Waals surface area (Å²) in [5, 5.41) is 12.7. The van der Waals surface area contributed by atoms with Gasteiger partial charge in [-0.2, -0.15) is 11.3 Å². The summed E-state index contributed by atoms with van der Waals surface area (Å²) in [7, 11) is 0. The van der Waals surface area contributed by atoms with Gasteiger partial charge in [0.2, 0.25) is 0 Å². The first kappa shape index (κ1) is 7.72. The molecule has 1 rings (SSSR count). The lowest BCUT2D eigenvalue weighted by molar-refractivity contribution is 0.265. The largest absolute Gasteiger partial charge is 0.395 e. The summed E-state index contributed by atoms with van der Waals surface area (Å²) in [5.74, 6) is 0. The molecule has 0 aliphatic heterocycles. The Labute approximate surface area is 64.3 Å². The van der Waals surface area contributed by atoms with Crippen molar-refractivity contribution >= 4 is 11.3 Å². The molecule has 56 valence electrons. The molecule has 0 saturated carbocycles. The van der Waals surface area contributed by atoms with Gasteiger partial charge in [-0.15, -0.1) is 0 Å². The molecule has 0 fully saturated rings. The zero-order valence-corrected chi connectivity index (χ0v) is 6.47. The van der Waals surface area contributed by atoms with Crippen LogP contribution in [0.5, 0.6) is 0 Å². The molecule has 1 aromatic heterocycles. The number of thiophene rings is 1. The average molecular weight is 157 g/mol. The summed E-state index contributed by atoms with van der Waals surface area (Å²) in [4.78, 5) is 0. The van der Waals surface area contributed by atoms with Crippen LogP contribution in [0, 0.1) is 0 Å². The molecule has 1 aromatic rings. The molecular weight excluding hydrogens is 146 g/mol. The van der Waals surface area contributed by atoms with Gasteiger partial charge in [-0.25, -0.2) is 0 Å². The van der Waals surface area contributed by atoms with E-state index in [9.17, 15) is 0 Å². The fourth-order valence-electron chi connectivity index (χ4n) is 0.776. The fourth-order valence-corrected chi connectivity index (χ4v) is 1.46. The Morgan fingerprint density at radius 3 is 3.00 bits per heavy atom. The molecule has 3 heteroatoms. The predicted molar refractivity (Wildman–Crippen MR) is 43.1 cm³/mol. The number of nitrogens with two attached hydrogens (primary N) is 1. The van der Waals surface area contributed by atoms with Crippen molar-refractivity contribution < 1.29 is 5.11 Å². The van der Waals surface area contributed by atoms with Gasteiger partial charge >= 0.3 is 0 Å². The van der Waals surface area contributed by atoms with E-state index in [4.69, 9.17) is 10.8 Å². The monoisotopic (exact) mass is 157 g/mol. The van der Waals surface area contributed by atoms with E-state index in [1.807, 2.05) is 11.4 Å². The second-order valence-electron chi connectivity index (χ2n) is 2.28. The van der Waals surface area contributed by atoms with E-state index in [0.717, 1.165) is 6.42 Å². The van der Waals surface area contributed by atoms with Crippen molar-refractivity contribution in [2.75, 3.05) is 6.61 Å². The summed E-state index contributed by atoms with van der Waals surface area (Å²) in [6.07, 6.45) is 0.778. The Morgan fingerprint density at radius 2 is 2.50 bits per heavy atom. The van der Waals surface area contributed by atoms with E-state index in [2.05, 4.69) is 5.38 Å². The van der Waals surface area contributed by atoms with Crippen LogP contribution < -0.4 is 5.73 Å². The van der Waals surface area contributed by atoms with E-state index < -0.39 is 0 Å². The van der Waals surface area contributed by atoms with Gasteiger partial charge in [0.1, 0.15) is 0 Å². The third-order valence-electron chi connectivity index (χ3n) is 1.31. The summed E-state index contributed by atoms with van der Waals surface area (Å²) < 4.78 is 0. The lowest BCUT2D eigenvalue weighted by Crippen LogP contribution is -2.26. The molecule has 0 aliphatic carbocycles. The van der Waals surface area contributed by atoms with Gasteiger partial charge in [-0.3, -0.25) is 0 Å². The molecule has 0 bridgehead atoms. The van der Waals surface area contributed by atoms with Crippen LogP contribution in [0.2, 0.25) is 0 Å². The van der Waals surface area contributed by atoms with Gasteiger partial charge in [0, 0.05) is 6.04 Å². The third-order valence-corrected chi connectivity index (χ3v) is 2.04. The number of aliphatic hydroxyl groups excluding tert-OH is 1. The molecule has 0 spiro atoms. The maximum atomic E-state index is 8.61. The van der Waals surface area contributed by atoms with Crippen LogP contribution in [0.25, 0.3) is 0 Å². The zero-order chi connectivity index (χ0) is 7.40. The van der Waals surface area contributed by atoms with Crippen molar-refractivity contribution in [2.45, 2.75) is 12.5 Å². The average Bonchev–Trinajstić information content (AvgIpc) is 2.40. The first-order chi connectivity index (χ1) is 4.83. The second kappa shape index (κ2) is 3.71. The van der Waals surface area contributed by atoms with Crippen molar-refractivity contribution in [3.8, 4) is 0 Å². The Balaban J connectivity index is 2.40. The van der Waals surface area contributed by atoms with Crippen LogP contribution >= 0.6 is 11.3 Å². The van der Waals surface area contributed by atoms with Gasteiger partial charge in [-0.1, -0.05) is 0 Å². The quantitative estimate of drug-likeness (QED) is 0.675. The molecule has 10 heavy (non-hydrogen) atoms. The van der Waals surface area contributed by atoms with Gasteiger partial charge < -0.3 is 10.8 Å². The highest BCUT2D eigenvalue weighted by Crippen LogP contribution is 2.07. The summed E-state index contributed by atoms with van der Waals surface area (Å²) in [5.41, 5.74) is 6.73. The lowest BCUT2D eigenvalue weighted by atomic mass is 10.1. The molecule has 0 aromatic carbocycles. The minimum Gasteiger partial charge on any atom is -0.395 e. The van der Waals surface area contributed by atoms with Crippen molar-refractivity contribution in [3.05, 3.63) is 22.4 Å². The minimum atomic E-state index is -0.102. The first-order valence-corrected chi connectivity index (χ1v) is 4.14. The molecule has 0 radical (unpaired) electrons. The molecule has 0 amide bonds. The third kappa shape index (κ3) is 2.10. The van der Waals surface area contributed by atoms with Crippen molar-refractivity contribution in [3.63, 3.8) is 0 Å². The van der Waals surface area contributed by atoms with Crippen LogP contribution in [0.4, 0.5) is 0 Å². The molecule has 1 heterocycles. The molecule has 0 saturated heterocycles. The van der Waals surface area contributed by atoms with Gasteiger partial charge in [0.05, 0.1) is 6.61 Å². The lowest BCUT2D eigenvalue weighted by Gasteiger charge is -2.04. The smallest absolute Gasteiger partial charge is 0.0585 e. The van der Waals surface area contributed by atoms with Crippen LogP contribution in [0.3, 0.4) is 0 Å². The van der Waals surface area contributed by atoms with Crippen LogP contribution in [-0.2, 0) is 6.42 Å². The Bertz CT molecular complexity index is 174. The minimum absolute atomic E-state index is 0.0653. The Morgan fingerprint density at radius 1 is 1.70 bits per heavy atom. The fraction of sp³-hybridized carbons (Fsp3) is 0.429. The van der Waals surface area contributed by atoms with Crippen LogP contribution in [0.15, 0.2) is 16.8 Å². The molecule has 1 atom stereocenters. The standard InChI is InChI=1S/C7H11NOS/c8-7(4-9)3-6-1-2-10-5-6/h1-2,5,7,9H,3-4,8H2. The van der Waals surface area contributed by atoms with Gasteiger partial charge in [-0.05, 0) is 28.8 Å². The van der Waals surface area contributed by atoms with Crippen molar-refractivity contribution in [1.29, 1.82) is 0 Å². The maximum absolute atomic E-state index is 8.61. The summed E-state index contributed by atoms with van der Waals surface area (Å²) in [6.45, 7) is 0.0653. The SMILES string of the molecule is NC(CO)Cc1ccsc1. The van der Waals surface area contributed by atoms with Gasteiger partial charge in [0.15, 0.2) is 0 Å². The van der Waals surface area contributed by atoms with E-state index in [-0.39, 0.29) is 12.6 Å². The van der Waals surface area contributed by atoms with Gasteiger partial charge in [0.25, 0.3) is 0 Å².